The Labute approximate surface area is 227 Å². The number of aliphatic hydroxyl groups is 1. The predicted octanol–water partition coefficient (Wildman–Crippen LogP) is 6.17. The highest BCUT2D eigenvalue weighted by Gasteiger charge is 2.30. The topological polar surface area (TPSA) is 74.7 Å². The number of aryl methyl sites for hydroxylation is 1. The highest BCUT2D eigenvalue weighted by atomic mass is 32.3. The zero-order chi connectivity index (χ0) is 27.0. The number of allylic oxidation sites excluding steroid dienone is 1. The summed E-state index contributed by atoms with van der Waals surface area (Å²) >= 11 is 0. The molecule has 0 bridgehead atoms. The van der Waals surface area contributed by atoms with Crippen molar-refractivity contribution in [2.75, 3.05) is 6.54 Å². The van der Waals surface area contributed by atoms with Gasteiger partial charge in [0, 0.05) is 12.5 Å². The number of aliphatic hydroxyl groups excluding tert-OH is 1. The first-order valence-corrected chi connectivity index (χ1v) is 14.9. The Bertz CT molecular complexity index is 1460. The molecule has 7 heteroatoms. The van der Waals surface area contributed by atoms with Crippen molar-refractivity contribution in [3.63, 3.8) is 0 Å². The van der Waals surface area contributed by atoms with Crippen molar-refractivity contribution in [1.29, 1.82) is 0 Å². The van der Waals surface area contributed by atoms with Crippen LogP contribution in [0.25, 0.3) is 0 Å². The van der Waals surface area contributed by atoms with Crippen molar-refractivity contribution in [3.8, 4) is 0 Å². The van der Waals surface area contributed by atoms with Gasteiger partial charge in [-0.25, -0.2) is 12.6 Å². The summed E-state index contributed by atoms with van der Waals surface area (Å²) in [6, 6.07) is 34.3. The van der Waals surface area contributed by atoms with Crippen LogP contribution in [0.1, 0.15) is 35.1 Å². The van der Waals surface area contributed by atoms with Crippen molar-refractivity contribution in [3.05, 3.63) is 144 Å². The van der Waals surface area contributed by atoms with E-state index in [0.29, 0.717) is 11.3 Å². The third-order valence-electron chi connectivity index (χ3n) is 6.23. The van der Waals surface area contributed by atoms with E-state index in [4.69, 9.17) is 0 Å². The minimum atomic E-state index is -4.06. The fourth-order valence-electron chi connectivity index (χ4n) is 4.13. The Kier molecular flexibility index (Phi) is 9.42. The molecule has 0 saturated carbocycles. The molecule has 0 saturated heterocycles. The Morgan fingerprint density at radius 1 is 0.789 bits per heavy atom. The fourth-order valence-corrected chi connectivity index (χ4v) is 7.20. The molecule has 38 heavy (non-hydrogen) atoms. The SMILES string of the molecule is Cc1ccc(S(=O)(=O)N(C/C=C/[C@@H](C[C@@H](O)c2ccccc2)c2ccccc2)S(=O)c2ccccc2)cc1. The minimum absolute atomic E-state index is 0.0832. The van der Waals surface area contributed by atoms with Crippen LogP contribution < -0.4 is 0 Å². The molecule has 3 atom stereocenters. The monoisotopic (exact) mass is 545 g/mol. The van der Waals surface area contributed by atoms with Gasteiger partial charge in [0.2, 0.25) is 0 Å². The first-order chi connectivity index (χ1) is 18.4. The molecule has 0 heterocycles. The normalized spacial score (nSPS) is 14.4. The van der Waals surface area contributed by atoms with E-state index in [1.165, 1.54) is 12.1 Å². The number of hydrogen-bond acceptors (Lipinski definition) is 4. The Balaban J connectivity index is 1.64. The maximum Gasteiger partial charge on any atom is 0.254 e. The molecule has 4 aromatic carbocycles. The van der Waals surface area contributed by atoms with Gasteiger partial charge in [0.1, 0.15) is 11.0 Å². The molecule has 0 aliphatic rings. The summed E-state index contributed by atoms with van der Waals surface area (Å²) in [5.41, 5.74) is 2.74. The first kappa shape index (κ1) is 27.7. The number of benzene rings is 4. The van der Waals surface area contributed by atoms with E-state index in [1.807, 2.05) is 73.7 Å². The summed E-state index contributed by atoms with van der Waals surface area (Å²) in [4.78, 5) is 0.482. The molecule has 196 valence electrons. The van der Waals surface area contributed by atoms with Crippen molar-refractivity contribution in [1.82, 2.24) is 3.71 Å². The van der Waals surface area contributed by atoms with E-state index in [-0.39, 0.29) is 17.4 Å². The fraction of sp³-hybridized carbons (Fsp3) is 0.161. The molecule has 0 amide bonds. The smallest absolute Gasteiger partial charge is 0.254 e. The number of sulfonamides is 1. The quantitative estimate of drug-likeness (QED) is 0.229. The van der Waals surface area contributed by atoms with Gasteiger partial charge in [0.05, 0.1) is 15.9 Å². The number of nitrogens with zero attached hydrogens (tertiary/aromatic N) is 1. The molecular weight excluding hydrogens is 514 g/mol. The minimum Gasteiger partial charge on any atom is -0.388 e. The maximum atomic E-state index is 13.6. The molecule has 4 aromatic rings. The molecule has 5 nitrogen and oxygen atoms in total. The van der Waals surface area contributed by atoms with E-state index in [0.717, 1.165) is 20.4 Å². The molecule has 1 N–H and O–H groups in total. The van der Waals surface area contributed by atoms with Gasteiger partial charge in [-0.2, -0.15) is 0 Å². The summed E-state index contributed by atoms with van der Waals surface area (Å²) in [7, 11) is -6.01. The standard InChI is InChI=1S/C31H31NO4S2/c1-25-19-21-30(22-20-25)38(35,36)32(37(34)29-17-9-4-10-18-29)23-11-16-28(26-12-5-2-6-13-26)24-31(33)27-14-7-3-8-15-27/h2-22,28,31,33H,23-24H2,1H3/b16-11+/t28-,31+,37?/m0/s1. The molecule has 0 spiro atoms. The van der Waals surface area contributed by atoms with Crippen LogP contribution in [0, 0.1) is 6.92 Å². The van der Waals surface area contributed by atoms with E-state index < -0.39 is 27.1 Å². The summed E-state index contributed by atoms with van der Waals surface area (Å²) in [6.07, 6.45) is 3.33. The number of rotatable bonds is 11. The van der Waals surface area contributed by atoms with Gasteiger partial charge in [-0.05, 0) is 48.7 Å². The largest absolute Gasteiger partial charge is 0.388 e. The second-order valence-electron chi connectivity index (χ2n) is 8.97. The Hall–Kier alpha value is -3.36. The molecule has 0 aliphatic heterocycles. The highest BCUT2D eigenvalue weighted by molar-refractivity contribution is 8.01. The lowest BCUT2D eigenvalue weighted by atomic mass is 9.90. The van der Waals surface area contributed by atoms with Crippen LogP contribution in [0.3, 0.4) is 0 Å². The molecule has 1 unspecified atom stereocenters. The third-order valence-corrected chi connectivity index (χ3v) is 9.97. The van der Waals surface area contributed by atoms with Gasteiger partial charge in [0.15, 0.2) is 0 Å². The molecule has 0 aromatic heterocycles. The molecule has 0 radical (unpaired) electrons. The van der Waals surface area contributed by atoms with Crippen molar-refractivity contribution in [2.45, 2.75) is 35.2 Å². The highest BCUT2D eigenvalue weighted by Crippen LogP contribution is 2.30. The van der Waals surface area contributed by atoms with Gasteiger partial charge >= 0.3 is 0 Å². The molecular formula is C31H31NO4S2. The van der Waals surface area contributed by atoms with Gasteiger partial charge < -0.3 is 5.11 Å². The maximum absolute atomic E-state index is 13.6. The van der Waals surface area contributed by atoms with E-state index in [2.05, 4.69) is 0 Å². The van der Waals surface area contributed by atoms with Crippen molar-refractivity contribution < 1.29 is 17.7 Å². The van der Waals surface area contributed by atoms with E-state index in [1.54, 1.807) is 48.5 Å². The third kappa shape index (κ3) is 6.94. The second-order valence-corrected chi connectivity index (χ2v) is 12.5. The van der Waals surface area contributed by atoms with Crippen LogP contribution in [0.4, 0.5) is 0 Å². The zero-order valence-electron chi connectivity index (χ0n) is 21.1. The van der Waals surface area contributed by atoms with E-state index >= 15 is 0 Å². The Morgan fingerprint density at radius 2 is 1.32 bits per heavy atom. The summed E-state index contributed by atoms with van der Waals surface area (Å²) < 4.78 is 41.8. The van der Waals surface area contributed by atoms with Crippen molar-refractivity contribution >= 4 is 21.0 Å². The summed E-state index contributed by atoms with van der Waals surface area (Å²) in [5.74, 6) is -0.180. The first-order valence-electron chi connectivity index (χ1n) is 12.4. The average molecular weight is 546 g/mol. The van der Waals surface area contributed by atoms with Crippen LogP contribution in [-0.2, 0) is 21.0 Å². The van der Waals surface area contributed by atoms with Crippen LogP contribution >= 0.6 is 0 Å². The lowest BCUT2D eigenvalue weighted by Gasteiger charge is -2.21. The van der Waals surface area contributed by atoms with Crippen LogP contribution in [-0.4, -0.2) is 28.0 Å². The van der Waals surface area contributed by atoms with Crippen LogP contribution in [0.2, 0.25) is 0 Å². The Morgan fingerprint density at radius 3 is 1.89 bits per heavy atom. The van der Waals surface area contributed by atoms with Crippen LogP contribution in [0.5, 0.6) is 0 Å². The molecule has 0 aliphatic carbocycles. The average Bonchev–Trinajstić information content (AvgIpc) is 2.95. The zero-order valence-corrected chi connectivity index (χ0v) is 22.8. The van der Waals surface area contributed by atoms with E-state index in [9.17, 15) is 17.7 Å². The predicted molar refractivity (Wildman–Crippen MR) is 152 cm³/mol. The lowest BCUT2D eigenvalue weighted by Crippen LogP contribution is -2.33. The van der Waals surface area contributed by atoms with Gasteiger partial charge in [0.25, 0.3) is 10.0 Å². The second kappa shape index (κ2) is 12.9. The number of hydrogen-bond donors (Lipinski definition) is 1. The molecule has 0 fully saturated rings. The van der Waals surface area contributed by atoms with Gasteiger partial charge in [-0.1, -0.05) is 109 Å². The lowest BCUT2D eigenvalue weighted by molar-refractivity contribution is 0.163. The van der Waals surface area contributed by atoms with Gasteiger partial charge in [-0.15, -0.1) is 3.71 Å². The summed E-state index contributed by atoms with van der Waals surface area (Å²) in [6.45, 7) is 1.79. The van der Waals surface area contributed by atoms with Crippen LogP contribution in [0.15, 0.2) is 137 Å². The summed E-state index contributed by atoms with van der Waals surface area (Å²) in [5, 5.41) is 10.9. The van der Waals surface area contributed by atoms with Crippen molar-refractivity contribution in [2.24, 2.45) is 0 Å². The van der Waals surface area contributed by atoms with Gasteiger partial charge in [-0.3, -0.25) is 0 Å². The molecule has 4 rings (SSSR count).